The number of likely N-dealkylation sites (tertiary alicyclic amines) is 1. The first-order valence-electron chi connectivity index (χ1n) is 5.91. The van der Waals surface area contributed by atoms with Crippen molar-refractivity contribution in [1.82, 2.24) is 10.2 Å². The third-order valence-corrected chi connectivity index (χ3v) is 3.20. The predicted octanol–water partition coefficient (Wildman–Crippen LogP) is 0.663. The first kappa shape index (κ1) is 14.0. The van der Waals surface area contributed by atoms with Crippen LogP contribution in [0.1, 0.15) is 17.3 Å². The van der Waals surface area contributed by atoms with Crippen molar-refractivity contribution in [1.29, 1.82) is 0 Å². The molecule has 1 fully saturated rings. The number of aliphatic hydroxyl groups is 1. The van der Waals surface area contributed by atoms with Crippen molar-refractivity contribution >= 4 is 23.4 Å². The van der Waals surface area contributed by atoms with Gasteiger partial charge in [0.15, 0.2) is 0 Å². The zero-order valence-corrected chi connectivity index (χ0v) is 11.3. The standard InChI is InChI=1S/C13H15ClN2O3/c1-13(19)7-16(8-13)6-11(17)15-12(18)9-4-2-3-5-10(9)14/h2-5,19H,6-8H2,1H3,(H,15,17,18). The summed E-state index contributed by atoms with van der Waals surface area (Å²) in [5, 5.41) is 12.1. The largest absolute Gasteiger partial charge is 0.388 e. The number of β-amino-alcohol motifs (C(OH)–C–C–N with tert-alkyl or cyclic N) is 1. The van der Waals surface area contributed by atoms with Crippen LogP contribution in [0, 0.1) is 0 Å². The van der Waals surface area contributed by atoms with Gasteiger partial charge in [-0.1, -0.05) is 23.7 Å². The number of rotatable bonds is 3. The van der Waals surface area contributed by atoms with Crippen molar-refractivity contribution in [3.8, 4) is 0 Å². The zero-order valence-electron chi connectivity index (χ0n) is 10.5. The van der Waals surface area contributed by atoms with Gasteiger partial charge in [-0.25, -0.2) is 0 Å². The predicted molar refractivity (Wildman–Crippen MR) is 71.0 cm³/mol. The van der Waals surface area contributed by atoms with Crippen LogP contribution in [0.4, 0.5) is 0 Å². The summed E-state index contributed by atoms with van der Waals surface area (Å²) >= 11 is 5.87. The van der Waals surface area contributed by atoms with Gasteiger partial charge in [-0.05, 0) is 19.1 Å². The molecule has 1 aliphatic heterocycles. The summed E-state index contributed by atoms with van der Waals surface area (Å²) in [6, 6.07) is 6.54. The molecule has 1 aliphatic rings. The van der Waals surface area contributed by atoms with E-state index in [0.717, 1.165) is 0 Å². The summed E-state index contributed by atoms with van der Waals surface area (Å²) in [7, 11) is 0. The van der Waals surface area contributed by atoms with Gasteiger partial charge in [0.25, 0.3) is 5.91 Å². The van der Waals surface area contributed by atoms with E-state index in [4.69, 9.17) is 11.6 Å². The maximum Gasteiger partial charge on any atom is 0.259 e. The van der Waals surface area contributed by atoms with Gasteiger partial charge in [0.2, 0.25) is 5.91 Å². The molecule has 0 radical (unpaired) electrons. The maximum absolute atomic E-state index is 11.8. The van der Waals surface area contributed by atoms with E-state index in [1.165, 1.54) is 0 Å². The zero-order chi connectivity index (χ0) is 14.0. The maximum atomic E-state index is 11.8. The molecule has 19 heavy (non-hydrogen) atoms. The number of hydrogen-bond donors (Lipinski definition) is 2. The van der Waals surface area contributed by atoms with Gasteiger partial charge in [0.1, 0.15) is 0 Å². The number of hydrogen-bond acceptors (Lipinski definition) is 4. The van der Waals surface area contributed by atoms with Crippen molar-refractivity contribution in [2.24, 2.45) is 0 Å². The van der Waals surface area contributed by atoms with Crippen molar-refractivity contribution in [2.45, 2.75) is 12.5 Å². The SMILES string of the molecule is CC1(O)CN(CC(=O)NC(=O)c2ccccc2Cl)C1. The van der Waals surface area contributed by atoms with Crippen molar-refractivity contribution in [3.05, 3.63) is 34.9 Å². The van der Waals surface area contributed by atoms with E-state index in [9.17, 15) is 14.7 Å². The Labute approximate surface area is 116 Å². The normalized spacial score (nSPS) is 17.6. The molecule has 0 saturated carbocycles. The molecule has 1 aromatic rings. The molecule has 6 heteroatoms. The fourth-order valence-corrected chi connectivity index (χ4v) is 2.33. The minimum atomic E-state index is -0.729. The number of halogens is 1. The Morgan fingerprint density at radius 2 is 2.05 bits per heavy atom. The highest BCUT2D eigenvalue weighted by molar-refractivity contribution is 6.34. The van der Waals surface area contributed by atoms with Crippen LogP contribution in [0.25, 0.3) is 0 Å². The van der Waals surface area contributed by atoms with Crippen LogP contribution in [0.15, 0.2) is 24.3 Å². The van der Waals surface area contributed by atoms with E-state index in [1.807, 2.05) is 0 Å². The first-order chi connectivity index (χ1) is 8.87. The Morgan fingerprint density at radius 1 is 1.42 bits per heavy atom. The number of carbonyl (C=O) groups excluding carboxylic acids is 2. The second-order valence-electron chi connectivity index (χ2n) is 5.00. The summed E-state index contributed by atoms with van der Waals surface area (Å²) in [4.78, 5) is 25.2. The molecule has 1 aromatic carbocycles. The summed E-state index contributed by atoms with van der Waals surface area (Å²) in [5.41, 5.74) is -0.458. The molecule has 2 amide bonds. The Hall–Kier alpha value is -1.43. The number of nitrogens with zero attached hydrogens (tertiary/aromatic N) is 1. The molecule has 1 saturated heterocycles. The number of carbonyl (C=O) groups is 2. The van der Waals surface area contributed by atoms with Crippen molar-refractivity contribution in [3.63, 3.8) is 0 Å². The van der Waals surface area contributed by atoms with E-state index >= 15 is 0 Å². The monoisotopic (exact) mass is 282 g/mol. The third kappa shape index (κ3) is 3.53. The van der Waals surface area contributed by atoms with Gasteiger partial charge in [-0.3, -0.25) is 19.8 Å². The highest BCUT2D eigenvalue weighted by Gasteiger charge is 2.37. The summed E-state index contributed by atoms with van der Waals surface area (Å²) in [6.07, 6.45) is 0. The van der Waals surface area contributed by atoms with Crippen LogP contribution in [0.2, 0.25) is 5.02 Å². The molecule has 2 N–H and O–H groups in total. The second-order valence-corrected chi connectivity index (χ2v) is 5.41. The third-order valence-electron chi connectivity index (χ3n) is 2.87. The van der Waals surface area contributed by atoms with Crippen LogP contribution in [-0.2, 0) is 4.79 Å². The van der Waals surface area contributed by atoms with E-state index in [-0.39, 0.29) is 12.1 Å². The fraction of sp³-hybridized carbons (Fsp3) is 0.385. The van der Waals surface area contributed by atoms with Gasteiger partial charge < -0.3 is 5.11 Å². The smallest absolute Gasteiger partial charge is 0.259 e. The number of imide groups is 1. The molecule has 0 spiro atoms. The first-order valence-corrected chi connectivity index (χ1v) is 6.29. The van der Waals surface area contributed by atoms with Crippen molar-refractivity contribution < 1.29 is 14.7 Å². The molecule has 5 nitrogen and oxygen atoms in total. The van der Waals surface area contributed by atoms with Gasteiger partial charge in [0.05, 0.1) is 22.7 Å². The Balaban J connectivity index is 1.86. The van der Waals surface area contributed by atoms with Gasteiger partial charge in [0, 0.05) is 13.1 Å². The minimum absolute atomic E-state index is 0.0896. The van der Waals surface area contributed by atoms with Gasteiger partial charge >= 0.3 is 0 Å². The van der Waals surface area contributed by atoms with Gasteiger partial charge in [-0.15, -0.1) is 0 Å². The average Bonchev–Trinajstić information content (AvgIpc) is 2.26. The topological polar surface area (TPSA) is 69.6 Å². The Bertz CT molecular complexity index is 508. The van der Waals surface area contributed by atoms with E-state index in [2.05, 4.69) is 5.32 Å². The quantitative estimate of drug-likeness (QED) is 0.855. The lowest BCUT2D eigenvalue weighted by atomic mass is 9.97. The number of benzene rings is 1. The highest BCUT2D eigenvalue weighted by Crippen LogP contribution is 2.19. The summed E-state index contributed by atoms with van der Waals surface area (Å²) < 4.78 is 0. The average molecular weight is 283 g/mol. The minimum Gasteiger partial charge on any atom is -0.388 e. The van der Waals surface area contributed by atoms with Crippen LogP contribution < -0.4 is 5.32 Å². The lowest BCUT2D eigenvalue weighted by molar-refractivity contribution is -0.129. The van der Waals surface area contributed by atoms with E-state index in [1.54, 1.807) is 36.1 Å². The van der Waals surface area contributed by atoms with Crippen LogP contribution in [0.5, 0.6) is 0 Å². The second kappa shape index (κ2) is 5.28. The molecule has 2 rings (SSSR count). The van der Waals surface area contributed by atoms with Crippen LogP contribution >= 0.6 is 11.6 Å². The lowest BCUT2D eigenvalue weighted by Crippen LogP contribution is -2.61. The molecule has 1 heterocycles. The molecular weight excluding hydrogens is 268 g/mol. The molecule has 102 valence electrons. The van der Waals surface area contributed by atoms with Crippen LogP contribution in [0.3, 0.4) is 0 Å². The molecule has 0 bridgehead atoms. The van der Waals surface area contributed by atoms with Gasteiger partial charge in [-0.2, -0.15) is 0 Å². The van der Waals surface area contributed by atoms with E-state index in [0.29, 0.717) is 18.1 Å². The summed E-state index contributed by atoms with van der Waals surface area (Å²) in [6.45, 7) is 2.66. The molecule has 0 aromatic heterocycles. The summed E-state index contributed by atoms with van der Waals surface area (Å²) in [5.74, 6) is -0.914. The highest BCUT2D eigenvalue weighted by atomic mass is 35.5. The lowest BCUT2D eigenvalue weighted by Gasteiger charge is -2.43. The molecular formula is C13H15ClN2O3. The van der Waals surface area contributed by atoms with Crippen molar-refractivity contribution in [2.75, 3.05) is 19.6 Å². The Kier molecular flexibility index (Phi) is 3.89. The number of nitrogens with one attached hydrogen (secondary N) is 1. The van der Waals surface area contributed by atoms with Crippen LogP contribution in [-0.4, -0.2) is 47.1 Å². The Morgan fingerprint density at radius 3 is 2.63 bits per heavy atom. The molecule has 0 unspecified atom stereocenters. The van der Waals surface area contributed by atoms with E-state index < -0.39 is 17.4 Å². The number of amides is 2. The molecule has 0 aliphatic carbocycles. The fourth-order valence-electron chi connectivity index (χ4n) is 2.11. The molecule has 0 atom stereocenters.